The van der Waals surface area contributed by atoms with Crippen LogP contribution in [0, 0.1) is 0 Å². The van der Waals surface area contributed by atoms with E-state index in [9.17, 15) is 14.7 Å². The molecule has 1 N–H and O–H groups in total. The predicted molar refractivity (Wildman–Crippen MR) is 63.3 cm³/mol. The van der Waals surface area contributed by atoms with Crippen LogP contribution in [0.4, 0.5) is 0 Å². The summed E-state index contributed by atoms with van der Waals surface area (Å²) in [6.45, 7) is 0. The molecule has 0 saturated heterocycles. The van der Waals surface area contributed by atoms with Crippen LogP contribution in [0.25, 0.3) is 11.1 Å². The third-order valence-corrected chi connectivity index (χ3v) is 2.87. The van der Waals surface area contributed by atoms with Crippen LogP contribution in [0.1, 0.15) is 20.7 Å². The second-order valence-electron chi connectivity index (χ2n) is 3.93. The van der Waals surface area contributed by atoms with Gasteiger partial charge in [0.05, 0.1) is 0 Å². The first kappa shape index (κ1) is 10.5. The molecule has 0 fully saturated rings. The van der Waals surface area contributed by atoms with Gasteiger partial charge in [0.1, 0.15) is 16.9 Å². The molecule has 2 aromatic carbocycles. The summed E-state index contributed by atoms with van der Waals surface area (Å²) in [5, 5.41) is 9.91. The highest BCUT2D eigenvalue weighted by Gasteiger charge is 2.32. The molecule has 1 aliphatic heterocycles. The Morgan fingerprint density at radius 3 is 2.22 bits per heavy atom. The number of cyclic esters (lactones) is 2. The van der Waals surface area contributed by atoms with E-state index in [0.717, 1.165) is 5.56 Å². The average Bonchev–Trinajstić information content (AvgIpc) is 2.37. The summed E-state index contributed by atoms with van der Waals surface area (Å²) >= 11 is 0. The van der Waals surface area contributed by atoms with Crippen LogP contribution < -0.4 is 0 Å². The van der Waals surface area contributed by atoms with Crippen LogP contribution in [0.5, 0.6) is 5.75 Å². The van der Waals surface area contributed by atoms with E-state index in [1.807, 2.05) is 30.3 Å². The van der Waals surface area contributed by atoms with Gasteiger partial charge in [0.25, 0.3) is 0 Å². The molecule has 0 radical (unpaired) electrons. The number of carbonyl (C=O) groups excluding carboxylic acids is 2. The number of ether oxygens (including phenoxy) is 1. The molecule has 1 aliphatic rings. The summed E-state index contributed by atoms with van der Waals surface area (Å²) in [5.74, 6) is -1.94. The highest BCUT2D eigenvalue weighted by molar-refractivity contribution is 6.14. The Bertz CT molecular complexity index is 659. The van der Waals surface area contributed by atoms with E-state index < -0.39 is 11.9 Å². The van der Waals surface area contributed by atoms with Crippen molar-refractivity contribution >= 4 is 11.9 Å². The minimum absolute atomic E-state index is 0.0179. The maximum absolute atomic E-state index is 11.7. The van der Waals surface area contributed by atoms with Crippen molar-refractivity contribution in [3.05, 3.63) is 53.6 Å². The molecule has 0 spiro atoms. The molecule has 0 atom stereocenters. The number of phenolic OH excluding ortho intramolecular Hbond substituents is 1. The summed E-state index contributed by atoms with van der Waals surface area (Å²) in [6.07, 6.45) is 0. The van der Waals surface area contributed by atoms with Gasteiger partial charge in [0.15, 0.2) is 0 Å². The van der Waals surface area contributed by atoms with Crippen LogP contribution in [0.2, 0.25) is 0 Å². The van der Waals surface area contributed by atoms with Gasteiger partial charge in [0.2, 0.25) is 0 Å². The number of fused-ring (bicyclic) bond motifs is 2. The standard InChI is InChI=1S/C14H8O4/c15-12-10-7-6-9(8-4-2-1-3-5-8)11(12)14(17)18-13(10)16/h1-7,15H. The topological polar surface area (TPSA) is 63.6 Å². The van der Waals surface area contributed by atoms with Crippen LogP contribution in [-0.2, 0) is 4.74 Å². The van der Waals surface area contributed by atoms with Crippen molar-refractivity contribution in [1.29, 1.82) is 0 Å². The first-order valence-electron chi connectivity index (χ1n) is 5.36. The molecule has 88 valence electrons. The Balaban J connectivity index is 2.30. The van der Waals surface area contributed by atoms with Crippen LogP contribution >= 0.6 is 0 Å². The summed E-state index contributed by atoms with van der Waals surface area (Å²) in [6, 6.07) is 12.2. The highest BCUT2D eigenvalue weighted by Crippen LogP contribution is 2.36. The molecule has 1 heterocycles. The van der Waals surface area contributed by atoms with E-state index in [-0.39, 0.29) is 16.9 Å². The van der Waals surface area contributed by atoms with Gasteiger partial charge in [-0.1, -0.05) is 36.4 Å². The molecule has 0 aromatic heterocycles. The number of hydrogen-bond acceptors (Lipinski definition) is 4. The average molecular weight is 240 g/mol. The fourth-order valence-electron chi connectivity index (χ4n) is 2.01. The van der Waals surface area contributed by atoms with Crippen molar-refractivity contribution < 1.29 is 19.4 Å². The highest BCUT2D eigenvalue weighted by atomic mass is 16.6. The molecular formula is C14H8O4. The number of benzene rings is 2. The van der Waals surface area contributed by atoms with E-state index >= 15 is 0 Å². The fourth-order valence-corrected chi connectivity index (χ4v) is 2.01. The minimum Gasteiger partial charge on any atom is -0.506 e. The number of esters is 2. The molecule has 2 aromatic rings. The van der Waals surface area contributed by atoms with E-state index in [2.05, 4.69) is 4.74 Å². The van der Waals surface area contributed by atoms with E-state index in [1.54, 1.807) is 6.07 Å². The van der Waals surface area contributed by atoms with Gasteiger partial charge in [0, 0.05) is 5.56 Å². The second-order valence-corrected chi connectivity index (χ2v) is 3.93. The summed E-state index contributed by atoms with van der Waals surface area (Å²) in [7, 11) is 0. The summed E-state index contributed by atoms with van der Waals surface area (Å²) < 4.78 is 4.57. The van der Waals surface area contributed by atoms with Crippen LogP contribution in [-0.4, -0.2) is 17.0 Å². The molecule has 3 rings (SSSR count). The molecule has 0 saturated carbocycles. The smallest absolute Gasteiger partial charge is 0.350 e. The van der Waals surface area contributed by atoms with Gasteiger partial charge in [-0.25, -0.2) is 9.59 Å². The van der Waals surface area contributed by atoms with Gasteiger partial charge in [-0.15, -0.1) is 0 Å². The van der Waals surface area contributed by atoms with Gasteiger partial charge in [-0.3, -0.25) is 0 Å². The molecule has 2 bridgehead atoms. The third-order valence-electron chi connectivity index (χ3n) is 2.87. The molecule has 0 unspecified atom stereocenters. The van der Waals surface area contributed by atoms with Crippen molar-refractivity contribution in [1.82, 2.24) is 0 Å². The maximum atomic E-state index is 11.7. The van der Waals surface area contributed by atoms with Gasteiger partial charge >= 0.3 is 11.9 Å². The minimum atomic E-state index is -0.815. The lowest BCUT2D eigenvalue weighted by atomic mass is 9.95. The SMILES string of the molecule is O=C1OC(=O)c2c(-c3ccccc3)ccc1c2O. The third kappa shape index (κ3) is 1.39. The molecule has 4 nitrogen and oxygen atoms in total. The quantitative estimate of drug-likeness (QED) is 0.614. The first-order valence-corrected chi connectivity index (χ1v) is 5.36. The Hall–Kier alpha value is -2.62. The summed E-state index contributed by atoms with van der Waals surface area (Å²) in [5.41, 5.74) is 1.39. The Labute approximate surface area is 102 Å². The Morgan fingerprint density at radius 1 is 0.833 bits per heavy atom. The monoisotopic (exact) mass is 240 g/mol. The predicted octanol–water partition coefficient (Wildman–Crippen LogP) is 2.37. The fraction of sp³-hybridized carbons (Fsp3) is 0. The number of aromatic hydroxyl groups is 1. The lowest BCUT2D eigenvalue weighted by Crippen LogP contribution is -2.20. The number of rotatable bonds is 1. The molecule has 0 amide bonds. The largest absolute Gasteiger partial charge is 0.506 e. The van der Waals surface area contributed by atoms with Crippen LogP contribution in [0.3, 0.4) is 0 Å². The van der Waals surface area contributed by atoms with Crippen molar-refractivity contribution in [3.63, 3.8) is 0 Å². The van der Waals surface area contributed by atoms with Gasteiger partial charge in [-0.05, 0) is 11.6 Å². The number of phenols is 1. The zero-order valence-corrected chi connectivity index (χ0v) is 9.21. The van der Waals surface area contributed by atoms with Crippen LogP contribution in [0.15, 0.2) is 42.5 Å². The first-order chi connectivity index (χ1) is 8.68. The zero-order chi connectivity index (χ0) is 12.7. The Kier molecular flexibility index (Phi) is 2.16. The lowest BCUT2D eigenvalue weighted by Gasteiger charge is -2.17. The van der Waals surface area contributed by atoms with E-state index in [4.69, 9.17) is 0 Å². The molecule has 18 heavy (non-hydrogen) atoms. The van der Waals surface area contributed by atoms with Crippen molar-refractivity contribution in [2.75, 3.05) is 0 Å². The molecule has 4 heteroatoms. The summed E-state index contributed by atoms with van der Waals surface area (Å²) in [4.78, 5) is 23.0. The van der Waals surface area contributed by atoms with Gasteiger partial charge in [-0.2, -0.15) is 0 Å². The second kappa shape index (κ2) is 3.70. The van der Waals surface area contributed by atoms with E-state index in [0.29, 0.717) is 5.56 Å². The van der Waals surface area contributed by atoms with Crippen molar-refractivity contribution in [2.45, 2.75) is 0 Å². The van der Waals surface area contributed by atoms with E-state index in [1.165, 1.54) is 6.07 Å². The van der Waals surface area contributed by atoms with Crippen molar-refractivity contribution in [2.24, 2.45) is 0 Å². The normalized spacial score (nSPS) is 13.3. The van der Waals surface area contributed by atoms with Gasteiger partial charge < -0.3 is 9.84 Å². The molecule has 0 aliphatic carbocycles. The number of carbonyl (C=O) groups is 2. The Morgan fingerprint density at radius 2 is 1.50 bits per heavy atom. The lowest BCUT2D eigenvalue weighted by molar-refractivity contribution is 0.0378. The number of hydrogen-bond donors (Lipinski definition) is 1. The molecular weight excluding hydrogens is 232 g/mol. The zero-order valence-electron chi connectivity index (χ0n) is 9.21. The maximum Gasteiger partial charge on any atom is 0.350 e. The van der Waals surface area contributed by atoms with Crippen molar-refractivity contribution in [3.8, 4) is 16.9 Å².